The summed E-state index contributed by atoms with van der Waals surface area (Å²) < 4.78 is 18.8. The summed E-state index contributed by atoms with van der Waals surface area (Å²) in [5, 5.41) is 5.84. The summed E-state index contributed by atoms with van der Waals surface area (Å²) in [6, 6.07) is 3.62. The highest BCUT2D eigenvalue weighted by atomic mass is 79.9. The number of carbonyl (C=O) groups is 1. The maximum atomic E-state index is 13.9. The highest BCUT2D eigenvalue weighted by Crippen LogP contribution is 2.37. The Labute approximate surface area is 160 Å². The number of amidine groups is 1. The molecule has 0 radical (unpaired) electrons. The summed E-state index contributed by atoms with van der Waals surface area (Å²) in [6.45, 7) is 0. The van der Waals surface area contributed by atoms with Crippen molar-refractivity contribution >= 4 is 50.7 Å². The second-order valence-electron chi connectivity index (χ2n) is 5.00. The zero-order valence-electron chi connectivity index (χ0n) is 12.9. The van der Waals surface area contributed by atoms with Crippen LogP contribution in [0.4, 0.5) is 4.39 Å². The molecule has 1 aliphatic rings. The van der Waals surface area contributed by atoms with Crippen LogP contribution in [0.1, 0.15) is 16.6 Å². The van der Waals surface area contributed by atoms with Gasteiger partial charge in [0.25, 0.3) is 0 Å². The van der Waals surface area contributed by atoms with Gasteiger partial charge in [-0.05, 0) is 6.07 Å². The number of benzene rings is 1. The zero-order valence-corrected chi connectivity index (χ0v) is 16.1. The van der Waals surface area contributed by atoms with Crippen molar-refractivity contribution < 1.29 is 13.9 Å². The molecule has 0 aliphatic carbocycles. The van der Waals surface area contributed by atoms with Crippen molar-refractivity contribution in [3.63, 3.8) is 0 Å². The van der Waals surface area contributed by atoms with E-state index in [1.807, 2.05) is 5.38 Å². The van der Waals surface area contributed by atoms with Crippen LogP contribution in [0.3, 0.4) is 0 Å². The summed E-state index contributed by atoms with van der Waals surface area (Å²) in [5.41, 5.74) is 1.22. The van der Waals surface area contributed by atoms with Gasteiger partial charge in [0.2, 0.25) is 0 Å². The molecule has 9 heteroatoms. The van der Waals surface area contributed by atoms with Crippen molar-refractivity contribution in [3.8, 4) is 0 Å². The first-order valence-corrected chi connectivity index (χ1v) is 9.50. The topological polar surface area (TPSA) is 63.6 Å². The van der Waals surface area contributed by atoms with Crippen molar-refractivity contribution in [2.75, 3.05) is 12.4 Å². The Balaban J connectivity index is 2.19. The molecule has 0 unspecified atom stereocenters. The summed E-state index contributed by atoms with van der Waals surface area (Å²) in [4.78, 5) is 21.1. The molecule has 0 spiro atoms. The van der Waals surface area contributed by atoms with Crippen molar-refractivity contribution in [2.45, 2.75) is 6.04 Å². The fraction of sp³-hybridized carbons (Fsp3) is 0.188. The van der Waals surface area contributed by atoms with E-state index < -0.39 is 17.8 Å². The van der Waals surface area contributed by atoms with Crippen molar-refractivity contribution in [1.29, 1.82) is 0 Å². The second-order valence-corrected chi connectivity index (χ2v) is 6.84. The Morgan fingerprint density at radius 1 is 1.52 bits per heavy atom. The van der Waals surface area contributed by atoms with Crippen LogP contribution in [0.5, 0.6) is 0 Å². The fourth-order valence-electron chi connectivity index (χ4n) is 2.46. The van der Waals surface area contributed by atoms with Crippen LogP contribution in [0, 0.1) is 5.82 Å². The number of carbonyl (C=O) groups excluding carboxylic acids is 1. The van der Waals surface area contributed by atoms with E-state index in [1.54, 1.807) is 12.3 Å². The molecule has 1 aromatic heterocycles. The molecule has 2 aromatic rings. The molecule has 25 heavy (non-hydrogen) atoms. The van der Waals surface area contributed by atoms with Crippen LogP contribution in [-0.2, 0) is 9.53 Å². The summed E-state index contributed by atoms with van der Waals surface area (Å²) >= 11 is 10.9. The van der Waals surface area contributed by atoms with Crippen LogP contribution in [0.15, 0.2) is 46.0 Å². The van der Waals surface area contributed by atoms with E-state index in [0.717, 1.165) is 0 Å². The third-order valence-corrected chi connectivity index (χ3v) is 5.32. The van der Waals surface area contributed by atoms with E-state index in [9.17, 15) is 9.18 Å². The predicted molar refractivity (Wildman–Crippen MR) is 98.8 cm³/mol. The summed E-state index contributed by atoms with van der Waals surface area (Å²) in [5.74, 6) is -0.648. The first kappa shape index (κ1) is 18.0. The molecule has 3 rings (SSSR count). The third kappa shape index (κ3) is 3.47. The van der Waals surface area contributed by atoms with Gasteiger partial charge in [-0.2, -0.15) is 0 Å². The van der Waals surface area contributed by atoms with Crippen LogP contribution < -0.4 is 5.32 Å². The average Bonchev–Trinajstić information content (AvgIpc) is 3.17. The lowest BCUT2D eigenvalue weighted by Gasteiger charge is -2.26. The number of allylic oxidation sites excluding steroid dienone is 1. The molecule has 1 aromatic carbocycles. The number of hydrogen-bond acceptors (Lipinski definition) is 6. The number of methoxy groups -OCH3 is 1. The molecule has 0 saturated carbocycles. The monoisotopic (exact) mass is 443 g/mol. The smallest absolute Gasteiger partial charge is 0.338 e. The number of nitrogens with one attached hydrogen (secondary N) is 1. The Morgan fingerprint density at radius 3 is 2.96 bits per heavy atom. The van der Waals surface area contributed by atoms with Gasteiger partial charge in [-0.15, -0.1) is 11.3 Å². The average molecular weight is 445 g/mol. The Kier molecular flexibility index (Phi) is 5.51. The molecule has 2 heterocycles. The highest BCUT2D eigenvalue weighted by Gasteiger charge is 2.33. The highest BCUT2D eigenvalue weighted by molar-refractivity contribution is 9.09. The quantitative estimate of drug-likeness (QED) is 0.575. The normalized spacial score (nSPS) is 17.1. The van der Waals surface area contributed by atoms with Gasteiger partial charge in [-0.1, -0.05) is 39.7 Å². The number of ether oxygens (including phenoxy) is 1. The lowest BCUT2D eigenvalue weighted by Crippen LogP contribution is -2.34. The van der Waals surface area contributed by atoms with Crippen LogP contribution in [-0.4, -0.2) is 29.2 Å². The van der Waals surface area contributed by atoms with Crippen LogP contribution in [0.2, 0.25) is 5.02 Å². The van der Waals surface area contributed by atoms with Gasteiger partial charge in [0.05, 0.1) is 17.7 Å². The number of rotatable bonds is 4. The van der Waals surface area contributed by atoms with Crippen molar-refractivity contribution in [1.82, 2.24) is 10.3 Å². The maximum Gasteiger partial charge on any atom is 0.338 e. The molecule has 1 N–H and O–H groups in total. The number of aliphatic imine (C=N–C) groups is 1. The molecule has 0 bridgehead atoms. The van der Waals surface area contributed by atoms with E-state index in [-0.39, 0.29) is 10.6 Å². The Bertz CT molecular complexity index is 870. The Morgan fingerprint density at radius 2 is 2.32 bits per heavy atom. The summed E-state index contributed by atoms with van der Waals surface area (Å²) in [7, 11) is 1.28. The SMILES string of the molecule is COC(=O)C1=C(CBr)NC(c2nccs2)=N[C@H]1c1cccc(F)c1Cl. The minimum atomic E-state index is -0.802. The van der Waals surface area contributed by atoms with E-state index in [2.05, 4.69) is 31.2 Å². The molecular formula is C16H12BrClFN3O2S. The molecular weight excluding hydrogens is 433 g/mol. The first-order chi connectivity index (χ1) is 12.1. The number of hydrogen-bond donors (Lipinski definition) is 1. The van der Waals surface area contributed by atoms with Gasteiger partial charge < -0.3 is 10.1 Å². The number of halogens is 3. The standard InChI is InChI=1S/C16H12BrClFN3O2S/c1-24-16(23)11-10(7-17)21-14(15-20-5-6-25-15)22-13(11)8-3-2-4-9(19)12(8)18/h2-6,13H,7H2,1H3,(H,21,22)/t13-/m0/s1. The molecule has 1 atom stereocenters. The van der Waals surface area contributed by atoms with Crippen molar-refractivity contribution in [2.24, 2.45) is 4.99 Å². The van der Waals surface area contributed by atoms with E-state index in [1.165, 1.54) is 30.6 Å². The molecule has 130 valence electrons. The van der Waals surface area contributed by atoms with Gasteiger partial charge in [-0.25, -0.2) is 14.2 Å². The lowest BCUT2D eigenvalue weighted by molar-refractivity contribution is -0.136. The van der Waals surface area contributed by atoms with Gasteiger partial charge >= 0.3 is 5.97 Å². The molecule has 0 saturated heterocycles. The van der Waals surface area contributed by atoms with Gasteiger partial charge in [-0.3, -0.25) is 4.99 Å². The lowest BCUT2D eigenvalue weighted by atomic mass is 9.96. The number of alkyl halides is 1. The van der Waals surface area contributed by atoms with Gasteiger partial charge in [0.1, 0.15) is 11.9 Å². The number of aromatic nitrogens is 1. The molecule has 0 fully saturated rings. The van der Waals surface area contributed by atoms with E-state index in [0.29, 0.717) is 27.4 Å². The molecule has 5 nitrogen and oxygen atoms in total. The largest absolute Gasteiger partial charge is 0.466 e. The van der Waals surface area contributed by atoms with Crippen LogP contribution >= 0.6 is 38.9 Å². The maximum absolute atomic E-state index is 13.9. The predicted octanol–water partition coefficient (Wildman–Crippen LogP) is 3.85. The number of esters is 1. The van der Waals surface area contributed by atoms with E-state index in [4.69, 9.17) is 16.3 Å². The summed E-state index contributed by atoms with van der Waals surface area (Å²) in [6.07, 6.45) is 1.65. The molecule has 1 aliphatic heterocycles. The molecule has 0 amide bonds. The number of nitrogens with zero attached hydrogens (tertiary/aromatic N) is 2. The minimum Gasteiger partial charge on any atom is -0.466 e. The Hall–Kier alpha value is -1.77. The van der Waals surface area contributed by atoms with Crippen LogP contribution in [0.25, 0.3) is 0 Å². The third-order valence-electron chi connectivity index (χ3n) is 3.58. The van der Waals surface area contributed by atoms with Gasteiger partial charge in [0.15, 0.2) is 10.8 Å². The van der Waals surface area contributed by atoms with Crippen molar-refractivity contribution in [3.05, 3.63) is 62.5 Å². The zero-order chi connectivity index (χ0) is 18.0. The fourth-order valence-corrected chi connectivity index (χ4v) is 3.72. The van der Waals surface area contributed by atoms with Gasteiger partial charge in [0, 0.05) is 28.2 Å². The minimum absolute atomic E-state index is 0.0769. The second kappa shape index (κ2) is 7.63. The van der Waals surface area contributed by atoms with E-state index >= 15 is 0 Å². The first-order valence-electron chi connectivity index (χ1n) is 7.12. The number of thiazole rings is 1.